The van der Waals surface area contributed by atoms with Crippen molar-refractivity contribution >= 4 is 29.0 Å². The summed E-state index contributed by atoms with van der Waals surface area (Å²) in [6.45, 7) is 9.24. The van der Waals surface area contributed by atoms with E-state index in [0.717, 1.165) is 22.4 Å². The van der Waals surface area contributed by atoms with Crippen molar-refractivity contribution in [2.75, 3.05) is 5.32 Å². The molecular weight excluding hydrogens is 608 g/mol. The van der Waals surface area contributed by atoms with Crippen molar-refractivity contribution in [3.8, 4) is 17.3 Å². The third-order valence-corrected chi connectivity index (χ3v) is 10.2. The Morgan fingerprint density at radius 3 is 2.57 bits per heavy atom. The predicted octanol–water partition coefficient (Wildman–Crippen LogP) is 6.27. The van der Waals surface area contributed by atoms with Crippen LogP contribution in [0, 0.1) is 18.8 Å². The summed E-state index contributed by atoms with van der Waals surface area (Å²) in [5.41, 5.74) is 1.86. The number of Topliss-reactive ketones (excluding diaryl/α,β-unsaturated/α-hetero) is 1. The number of benzene rings is 2. The molecule has 0 fully saturated rings. The molecule has 1 spiro atoms. The van der Waals surface area contributed by atoms with Crippen molar-refractivity contribution in [1.82, 2.24) is 15.3 Å². The number of aliphatic hydroxyl groups is 1. The smallest absolute Gasteiger partial charge is 0.250 e. The van der Waals surface area contributed by atoms with E-state index in [2.05, 4.69) is 15.6 Å². The molecule has 2 unspecified atom stereocenters. The first-order chi connectivity index (χ1) is 22.0. The van der Waals surface area contributed by atoms with Gasteiger partial charge < -0.3 is 29.3 Å². The second-order valence-electron chi connectivity index (χ2n) is 12.9. The number of aromatic nitrogens is 2. The number of nitrogens with one attached hydrogen (secondary N) is 2. The van der Waals surface area contributed by atoms with Crippen molar-refractivity contribution in [3.05, 3.63) is 81.7 Å². The first-order valence-corrected chi connectivity index (χ1v) is 16.2. The molecule has 11 heteroatoms. The number of anilines is 1. The third-order valence-electron chi connectivity index (χ3n) is 9.89. The van der Waals surface area contributed by atoms with E-state index >= 15 is 0 Å². The lowest BCUT2D eigenvalue weighted by molar-refractivity contribution is -0.141. The highest BCUT2D eigenvalue weighted by Gasteiger charge is 2.61. The van der Waals surface area contributed by atoms with Gasteiger partial charge in [-0.2, -0.15) is 0 Å². The fraction of sp³-hybridized carbons (Fsp3) is 0.429. The van der Waals surface area contributed by atoms with E-state index in [-0.39, 0.29) is 60.3 Å². The first kappa shape index (κ1) is 30.5. The number of ketones is 1. The molecule has 10 nitrogen and oxygen atoms in total. The summed E-state index contributed by atoms with van der Waals surface area (Å²) < 4.78 is 19.3. The maximum atomic E-state index is 14.1. The zero-order valence-electron chi connectivity index (χ0n) is 26.4. The van der Waals surface area contributed by atoms with Gasteiger partial charge in [0, 0.05) is 23.6 Å². The Bertz CT molecular complexity index is 1840. The van der Waals surface area contributed by atoms with E-state index in [1.54, 1.807) is 20.8 Å². The number of carbonyl (C=O) groups is 2. The molecule has 46 heavy (non-hydrogen) atoms. The molecule has 4 atom stereocenters. The van der Waals surface area contributed by atoms with Gasteiger partial charge in [0.15, 0.2) is 23.5 Å². The molecule has 3 aliphatic rings. The Morgan fingerprint density at radius 2 is 1.87 bits per heavy atom. The Hall–Kier alpha value is -4.15. The van der Waals surface area contributed by atoms with Crippen LogP contribution in [-0.4, -0.2) is 38.6 Å². The van der Waals surface area contributed by atoms with Crippen molar-refractivity contribution in [1.29, 1.82) is 0 Å². The normalized spacial score (nSPS) is 23.1. The number of para-hydroxylation sites is 1. The lowest BCUT2D eigenvalue weighted by Crippen LogP contribution is -2.43. The zero-order valence-corrected chi connectivity index (χ0v) is 27.2. The molecule has 3 aliphatic heterocycles. The summed E-state index contributed by atoms with van der Waals surface area (Å²) in [6, 6.07) is 13.2. The van der Waals surface area contributed by atoms with E-state index in [4.69, 9.17) is 30.2 Å². The van der Waals surface area contributed by atoms with Crippen LogP contribution in [0.5, 0.6) is 5.75 Å². The van der Waals surface area contributed by atoms with Crippen LogP contribution in [0.15, 0.2) is 51.3 Å². The Labute approximate surface area is 271 Å². The van der Waals surface area contributed by atoms with Gasteiger partial charge in [-0.3, -0.25) is 9.59 Å². The van der Waals surface area contributed by atoms with E-state index in [1.807, 2.05) is 56.3 Å². The van der Waals surface area contributed by atoms with Gasteiger partial charge in [0.25, 0.3) is 5.89 Å². The maximum absolute atomic E-state index is 14.1. The third kappa shape index (κ3) is 4.48. The van der Waals surface area contributed by atoms with Crippen molar-refractivity contribution in [2.24, 2.45) is 11.8 Å². The molecule has 2 aromatic carbocycles. The Morgan fingerprint density at radius 1 is 1.11 bits per heavy atom. The number of oxazole rings is 2. The molecule has 5 heterocycles. The summed E-state index contributed by atoms with van der Waals surface area (Å²) in [6.07, 6.45) is 0.116. The minimum absolute atomic E-state index is 0.114. The molecule has 7 rings (SSSR count). The number of hydrogen-bond acceptors (Lipinski definition) is 9. The number of amides is 1. The molecule has 0 saturated carbocycles. The van der Waals surface area contributed by atoms with Gasteiger partial charge in [-0.05, 0) is 67.0 Å². The standard InChI is InChI=1S/C35H37ClN4O6/c1-6-34(43,7-2)25(41)16-20-14-19-12-13-24-22(15-19)35(21-10-8-9-11-23(21)38-33(35)44-24)28-27(32-37-18(5)29(36)46-32)40-31(45-28)26(17(3)4)39-30(20)42/h8-13,15,17,20,26,33,38,43H,6-7,14,16H2,1-5H3,(H,39,42)/t20?,26-,33-,35?/m0/s1. The minimum Gasteiger partial charge on any atom is -0.469 e. The van der Waals surface area contributed by atoms with E-state index in [0.29, 0.717) is 22.9 Å². The number of rotatable bonds is 7. The highest BCUT2D eigenvalue weighted by atomic mass is 35.5. The summed E-state index contributed by atoms with van der Waals surface area (Å²) in [7, 11) is 0. The molecule has 0 radical (unpaired) electrons. The van der Waals surface area contributed by atoms with Gasteiger partial charge in [-0.1, -0.05) is 58.0 Å². The van der Waals surface area contributed by atoms with Crippen LogP contribution >= 0.6 is 11.6 Å². The van der Waals surface area contributed by atoms with Crippen molar-refractivity contribution < 1.29 is 28.3 Å². The highest BCUT2D eigenvalue weighted by Crippen LogP contribution is 2.59. The quantitative estimate of drug-likeness (QED) is 0.212. The Kier molecular flexibility index (Phi) is 7.28. The predicted molar refractivity (Wildman–Crippen MR) is 171 cm³/mol. The topological polar surface area (TPSA) is 140 Å². The average Bonchev–Trinajstić information content (AvgIpc) is 3.78. The van der Waals surface area contributed by atoms with Gasteiger partial charge in [-0.25, -0.2) is 9.97 Å². The summed E-state index contributed by atoms with van der Waals surface area (Å²) in [5, 5.41) is 17.9. The second kappa shape index (κ2) is 11.0. The SMILES string of the molecule is CCC(O)(CC)C(=O)CC1Cc2ccc3c(c2)C2(c4ccccc4N[C@H]2O3)c2oc(nc2-c2nc(C)c(Cl)o2)[C@H](C(C)C)NC1=O. The summed E-state index contributed by atoms with van der Waals surface area (Å²) >= 11 is 6.36. The second-order valence-corrected chi connectivity index (χ2v) is 13.3. The zero-order chi connectivity index (χ0) is 32.5. The largest absolute Gasteiger partial charge is 0.469 e. The number of ether oxygens (including phenoxy) is 1. The molecular formula is C35H37ClN4O6. The van der Waals surface area contributed by atoms with Crippen LogP contribution in [-0.2, 0) is 21.4 Å². The van der Waals surface area contributed by atoms with Crippen LogP contribution < -0.4 is 15.4 Å². The molecule has 240 valence electrons. The molecule has 3 N–H and O–H groups in total. The molecule has 2 aromatic heterocycles. The first-order valence-electron chi connectivity index (χ1n) is 15.9. The van der Waals surface area contributed by atoms with E-state index in [9.17, 15) is 14.7 Å². The molecule has 0 aliphatic carbocycles. The average molecular weight is 645 g/mol. The Balaban J connectivity index is 1.48. The van der Waals surface area contributed by atoms with E-state index < -0.39 is 29.2 Å². The monoisotopic (exact) mass is 644 g/mol. The van der Waals surface area contributed by atoms with Crippen LogP contribution in [0.4, 0.5) is 5.69 Å². The van der Waals surface area contributed by atoms with E-state index in [1.165, 1.54) is 0 Å². The summed E-state index contributed by atoms with van der Waals surface area (Å²) in [5.74, 6) is 0.0153. The fourth-order valence-corrected chi connectivity index (χ4v) is 7.21. The van der Waals surface area contributed by atoms with Gasteiger partial charge >= 0.3 is 0 Å². The number of nitrogens with zero attached hydrogens (tertiary/aromatic N) is 2. The lowest BCUT2D eigenvalue weighted by atomic mass is 9.72. The number of fused-ring (bicyclic) bond motifs is 4. The highest BCUT2D eigenvalue weighted by molar-refractivity contribution is 6.29. The van der Waals surface area contributed by atoms with Gasteiger partial charge in [0.1, 0.15) is 22.8 Å². The van der Waals surface area contributed by atoms with Gasteiger partial charge in [-0.15, -0.1) is 0 Å². The van der Waals surface area contributed by atoms with Crippen LogP contribution in [0.2, 0.25) is 5.22 Å². The number of hydrogen-bond donors (Lipinski definition) is 3. The number of carbonyl (C=O) groups excluding carboxylic acids is 2. The molecule has 4 aromatic rings. The van der Waals surface area contributed by atoms with Gasteiger partial charge in [0.2, 0.25) is 17.0 Å². The van der Waals surface area contributed by atoms with Crippen LogP contribution in [0.3, 0.4) is 0 Å². The summed E-state index contributed by atoms with van der Waals surface area (Å²) in [4.78, 5) is 37.1. The molecule has 4 bridgehead atoms. The van der Waals surface area contributed by atoms with Crippen LogP contribution in [0.25, 0.3) is 11.6 Å². The molecule has 1 amide bonds. The minimum atomic E-state index is -1.49. The van der Waals surface area contributed by atoms with Crippen molar-refractivity contribution in [2.45, 2.75) is 83.6 Å². The maximum Gasteiger partial charge on any atom is 0.250 e. The van der Waals surface area contributed by atoms with Crippen LogP contribution in [0.1, 0.15) is 87.0 Å². The lowest BCUT2D eigenvalue weighted by Gasteiger charge is -2.29. The van der Waals surface area contributed by atoms with Gasteiger partial charge in [0.05, 0.1) is 5.69 Å². The fourth-order valence-electron chi connectivity index (χ4n) is 7.10. The number of aryl methyl sites for hydroxylation is 1. The number of halogens is 1. The molecule has 0 saturated heterocycles. The van der Waals surface area contributed by atoms with Crippen molar-refractivity contribution in [3.63, 3.8) is 0 Å².